The largest absolute Gasteiger partial charge is 0.451 e. The van der Waals surface area contributed by atoms with E-state index in [-0.39, 0.29) is 46.5 Å². The van der Waals surface area contributed by atoms with E-state index < -0.39 is 23.0 Å². The molecule has 43 heavy (non-hydrogen) atoms. The minimum absolute atomic E-state index is 0.00634. The molecule has 1 saturated heterocycles. The summed E-state index contributed by atoms with van der Waals surface area (Å²) in [6.07, 6.45) is 4.56. The molecule has 1 amide bonds. The van der Waals surface area contributed by atoms with Crippen LogP contribution in [0, 0.1) is 17.0 Å². The molecule has 0 radical (unpaired) electrons. The van der Waals surface area contributed by atoms with Gasteiger partial charge in [-0.05, 0) is 89.2 Å². The van der Waals surface area contributed by atoms with E-state index in [4.69, 9.17) is 14.6 Å². The van der Waals surface area contributed by atoms with Crippen molar-refractivity contribution < 1.29 is 28.2 Å². The molecule has 1 aliphatic carbocycles. The molecule has 2 heterocycles. The molecule has 13 heteroatoms. The Balaban J connectivity index is 1.28. The number of likely N-dealkylation sites (tertiary alicyclic amines) is 1. The van der Waals surface area contributed by atoms with E-state index in [0.29, 0.717) is 25.2 Å². The van der Waals surface area contributed by atoms with E-state index in [1.165, 1.54) is 18.2 Å². The van der Waals surface area contributed by atoms with Crippen molar-refractivity contribution in [3.05, 3.63) is 58.6 Å². The zero-order valence-electron chi connectivity index (χ0n) is 24.7. The van der Waals surface area contributed by atoms with E-state index in [2.05, 4.69) is 9.71 Å². The molecule has 0 bridgehead atoms. The number of fused-ring (bicyclic) bond motifs is 1. The Labute approximate surface area is 253 Å². The first-order valence-corrected chi connectivity index (χ1v) is 15.0. The molecule has 3 aromatic rings. The van der Waals surface area contributed by atoms with Gasteiger partial charge in [0.25, 0.3) is 5.56 Å². The van der Waals surface area contributed by atoms with Gasteiger partial charge >= 0.3 is 6.09 Å². The second-order valence-corrected chi connectivity index (χ2v) is 13.3. The highest BCUT2D eigenvalue weighted by Crippen LogP contribution is 2.54. The van der Waals surface area contributed by atoms with Gasteiger partial charge in [-0.15, -0.1) is 0 Å². The number of aliphatic hydroxyl groups is 1. The van der Waals surface area contributed by atoms with Crippen molar-refractivity contribution in [2.75, 3.05) is 38.0 Å². The number of nitrogens with one attached hydrogen (secondary N) is 1. The Morgan fingerprint density at radius 1 is 1.21 bits per heavy atom. The molecule has 2 aromatic carbocycles. The molecule has 1 aromatic heterocycles. The Morgan fingerprint density at radius 3 is 2.60 bits per heavy atom. The fraction of sp³-hybridized carbons (Fsp3) is 0.500. The molecular weight excluding hydrogens is 580 g/mol. The summed E-state index contributed by atoms with van der Waals surface area (Å²) in [6, 6.07) is 6.88. The van der Waals surface area contributed by atoms with Gasteiger partial charge < -0.3 is 24.2 Å². The molecule has 1 saturated carbocycles. The van der Waals surface area contributed by atoms with Gasteiger partial charge in [0.05, 0.1) is 29.5 Å². The summed E-state index contributed by atoms with van der Waals surface area (Å²) in [6.45, 7) is 7.08. The van der Waals surface area contributed by atoms with Gasteiger partial charge in [0.15, 0.2) is 11.6 Å². The standard InChI is InChI=1S/C30H37F2N5O5S/c1-29(2,3)42-28(40)36-11-9-30(10-12-36)16-19(17-30)37-18-33-23-7-5-20(15-21(23)27(37)39)41-26-22(31)6-8-24(25(26)32)34-43-35(4)13-14-38/h5-8,15,18-19,34,38H,9-14,16-17H2,1-4H3. The Bertz CT molecular complexity index is 1550. The number of anilines is 1. The van der Waals surface area contributed by atoms with E-state index >= 15 is 4.39 Å². The molecule has 1 spiro atoms. The average molecular weight is 618 g/mol. The summed E-state index contributed by atoms with van der Waals surface area (Å²) in [7, 11) is 1.71. The highest BCUT2D eigenvalue weighted by atomic mass is 32.2. The van der Waals surface area contributed by atoms with Crippen LogP contribution in [0.25, 0.3) is 10.9 Å². The maximum atomic E-state index is 15.2. The lowest BCUT2D eigenvalue weighted by Gasteiger charge is -2.52. The van der Waals surface area contributed by atoms with Crippen LogP contribution in [-0.2, 0) is 4.74 Å². The van der Waals surface area contributed by atoms with Gasteiger partial charge in [0, 0.05) is 37.8 Å². The molecule has 2 N–H and O–H groups in total. The molecule has 0 atom stereocenters. The summed E-state index contributed by atoms with van der Waals surface area (Å²) in [5, 5.41) is 9.32. The maximum Gasteiger partial charge on any atom is 0.410 e. The lowest BCUT2D eigenvalue weighted by molar-refractivity contribution is -0.0241. The van der Waals surface area contributed by atoms with E-state index in [1.54, 1.807) is 33.2 Å². The lowest BCUT2D eigenvalue weighted by Crippen LogP contribution is -2.51. The monoisotopic (exact) mass is 617 g/mol. The van der Waals surface area contributed by atoms with Crippen LogP contribution in [0.5, 0.6) is 11.5 Å². The van der Waals surface area contributed by atoms with Crippen LogP contribution >= 0.6 is 12.1 Å². The first-order valence-electron chi connectivity index (χ1n) is 14.3. The SMILES string of the molecule is CN(CCO)SNc1ccc(F)c(Oc2ccc3ncn(C4CC5(CCN(C(=O)OC(C)(C)C)CC5)C4)c(=O)c3c2)c1F. The normalized spacial score (nSPS) is 16.9. The Kier molecular flexibility index (Phi) is 8.87. The topological polar surface area (TPSA) is 109 Å². The van der Waals surface area contributed by atoms with Crippen molar-refractivity contribution in [3.8, 4) is 11.5 Å². The fourth-order valence-corrected chi connectivity index (χ4v) is 6.19. The van der Waals surface area contributed by atoms with Gasteiger partial charge in [0.2, 0.25) is 5.75 Å². The summed E-state index contributed by atoms with van der Waals surface area (Å²) in [5.74, 6) is -2.31. The van der Waals surface area contributed by atoms with Crippen molar-refractivity contribution in [1.82, 2.24) is 18.8 Å². The van der Waals surface area contributed by atoms with Gasteiger partial charge in [-0.25, -0.2) is 22.9 Å². The zero-order chi connectivity index (χ0) is 30.9. The zero-order valence-corrected chi connectivity index (χ0v) is 25.5. The average Bonchev–Trinajstić information content (AvgIpc) is 2.93. The van der Waals surface area contributed by atoms with Gasteiger partial charge in [-0.3, -0.25) is 9.36 Å². The Hall–Kier alpha value is -3.42. The highest BCUT2D eigenvalue weighted by Gasteiger charge is 2.47. The number of benzene rings is 2. The van der Waals surface area contributed by atoms with Crippen LogP contribution < -0.4 is 15.0 Å². The third-order valence-electron chi connectivity index (χ3n) is 7.96. The number of nitrogens with zero attached hydrogens (tertiary/aromatic N) is 4. The van der Waals surface area contributed by atoms with Crippen molar-refractivity contribution in [1.29, 1.82) is 0 Å². The predicted octanol–water partition coefficient (Wildman–Crippen LogP) is 5.72. The number of ether oxygens (including phenoxy) is 2. The Morgan fingerprint density at radius 2 is 1.93 bits per heavy atom. The van der Waals surface area contributed by atoms with Gasteiger partial charge in [-0.2, -0.15) is 0 Å². The van der Waals surface area contributed by atoms with Crippen molar-refractivity contribution >= 4 is 34.8 Å². The number of carbonyl (C=O) groups excluding carboxylic acids is 1. The number of carbonyl (C=O) groups is 1. The second-order valence-electron chi connectivity index (χ2n) is 12.3. The number of amides is 1. The number of piperidine rings is 1. The van der Waals surface area contributed by atoms with Crippen LogP contribution in [-0.4, -0.2) is 68.8 Å². The van der Waals surface area contributed by atoms with Crippen LogP contribution in [0.3, 0.4) is 0 Å². The minimum atomic E-state index is -0.925. The second kappa shape index (κ2) is 12.3. The van der Waals surface area contributed by atoms with Crippen molar-refractivity contribution in [2.24, 2.45) is 5.41 Å². The molecule has 1 aliphatic heterocycles. The quantitative estimate of drug-likeness (QED) is 0.307. The number of likely N-dealkylation sites (N-methyl/N-ethyl adjacent to an activating group) is 1. The number of aliphatic hydroxyl groups excluding tert-OH is 1. The molecule has 10 nitrogen and oxygen atoms in total. The summed E-state index contributed by atoms with van der Waals surface area (Å²) in [4.78, 5) is 32.2. The number of rotatable bonds is 8. The molecular formula is C30H37F2N5O5S. The number of halogens is 2. The van der Waals surface area contributed by atoms with Crippen LogP contribution in [0.15, 0.2) is 41.5 Å². The molecule has 2 fully saturated rings. The maximum absolute atomic E-state index is 15.2. The number of aromatic nitrogens is 2. The smallest absolute Gasteiger partial charge is 0.410 e. The first-order chi connectivity index (χ1) is 20.4. The number of hydrogen-bond acceptors (Lipinski definition) is 9. The summed E-state index contributed by atoms with van der Waals surface area (Å²) in [5.41, 5.74) is -0.257. The van der Waals surface area contributed by atoms with Gasteiger partial charge in [0.1, 0.15) is 11.4 Å². The summed E-state index contributed by atoms with van der Waals surface area (Å²) >= 11 is 1.05. The van der Waals surface area contributed by atoms with Crippen LogP contribution in [0.2, 0.25) is 0 Å². The van der Waals surface area contributed by atoms with E-state index in [0.717, 1.165) is 43.9 Å². The lowest BCUT2D eigenvalue weighted by atomic mass is 9.60. The third-order valence-corrected chi connectivity index (χ3v) is 8.76. The molecule has 232 valence electrons. The van der Waals surface area contributed by atoms with Crippen molar-refractivity contribution in [3.63, 3.8) is 0 Å². The van der Waals surface area contributed by atoms with E-state index in [1.807, 2.05) is 20.8 Å². The first kappa shape index (κ1) is 31.0. The number of hydrogen-bond donors (Lipinski definition) is 2. The fourth-order valence-electron chi connectivity index (χ4n) is 5.61. The van der Waals surface area contributed by atoms with Crippen molar-refractivity contribution in [2.45, 2.75) is 58.1 Å². The van der Waals surface area contributed by atoms with Crippen LogP contribution in [0.4, 0.5) is 19.3 Å². The minimum Gasteiger partial charge on any atom is -0.451 e. The predicted molar refractivity (Wildman–Crippen MR) is 161 cm³/mol. The summed E-state index contributed by atoms with van der Waals surface area (Å²) < 4.78 is 47.0. The molecule has 0 unspecified atom stereocenters. The third kappa shape index (κ3) is 6.89. The highest BCUT2D eigenvalue weighted by molar-refractivity contribution is 7.98. The molecule has 2 aliphatic rings. The van der Waals surface area contributed by atoms with Gasteiger partial charge in [-0.1, -0.05) is 0 Å². The van der Waals surface area contributed by atoms with E-state index in [9.17, 15) is 14.0 Å². The van der Waals surface area contributed by atoms with Crippen LogP contribution in [0.1, 0.15) is 52.5 Å². The molecule has 5 rings (SSSR count).